The number of aromatic carboxylic acids is 1. The van der Waals surface area contributed by atoms with Crippen LogP contribution in [0.15, 0.2) is 36.7 Å². The van der Waals surface area contributed by atoms with Gasteiger partial charge in [-0.2, -0.15) is 5.10 Å². The third kappa shape index (κ3) is 4.04. The second-order valence-corrected chi connectivity index (χ2v) is 6.54. The van der Waals surface area contributed by atoms with Gasteiger partial charge in [0.25, 0.3) is 0 Å². The van der Waals surface area contributed by atoms with Gasteiger partial charge in [-0.3, -0.25) is 9.48 Å². The van der Waals surface area contributed by atoms with E-state index < -0.39 is 11.5 Å². The summed E-state index contributed by atoms with van der Waals surface area (Å²) in [5.41, 5.74) is 0.175. The normalized spacial score (nSPS) is 15.9. The molecule has 3 rings (SSSR count). The molecule has 7 heteroatoms. The van der Waals surface area contributed by atoms with Crippen LogP contribution in [0.25, 0.3) is 0 Å². The first kappa shape index (κ1) is 17.1. The van der Waals surface area contributed by atoms with Crippen molar-refractivity contribution in [2.75, 3.05) is 0 Å². The predicted octanol–water partition coefficient (Wildman–Crippen LogP) is 2.39. The van der Waals surface area contributed by atoms with Gasteiger partial charge >= 0.3 is 5.97 Å². The summed E-state index contributed by atoms with van der Waals surface area (Å²) in [6.07, 6.45) is 6.55. The molecule has 0 atom stereocenters. The minimum absolute atomic E-state index is 0.0368. The maximum Gasteiger partial charge on any atom is 0.338 e. The molecule has 0 radical (unpaired) electrons. The van der Waals surface area contributed by atoms with Crippen LogP contribution in [-0.2, 0) is 17.8 Å². The average Bonchev–Trinajstić information content (AvgIpc) is 3.20. The summed E-state index contributed by atoms with van der Waals surface area (Å²) in [5.74, 6) is -1.60. The number of carbonyl (C=O) groups excluding carboxylic acids is 1. The fourth-order valence-corrected chi connectivity index (χ4v) is 3.45. The molecule has 1 aromatic carbocycles. The van der Waals surface area contributed by atoms with E-state index >= 15 is 0 Å². The molecule has 0 aliphatic heterocycles. The topological polar surface area (TPSA) is 84.2 Å². The zero-order valence-electron chi connectivity index (χ0n) is 13.7. The Bertz CT molecular complexity index is 781. The maximum atomic E-state index is 14.0. The molecular formula is C18H20FN3O3. The molecule has 1 aliphatic rings. The highest BCUT2D eigenvalue weighted by atomic mass is 19.1. The standard InChI is InChI=1S/C18H20FN3O3/c19-15-6-2-1-5-13(15)9-18(7-3-4-8-18)21-16(23)12-22-11-14(10-20-22)17(24)25/h1-2,5-6,10-11H,3-4,7-9,12H2,(H,21,23)(H,24,25). The number of benzene rings is 1. The van der Waals surface area contributed by atoms with E-state index in [1.807, 2.05) is 0 Å². The molecule has 1 amide bonds. The van der Waals surface area contributed by atoms with Crippen molar-refractivity contribution >= 4 is 11.9 Å². The largest absolute Gasteiger partial charge is 0.478 e. The number of amides is 1. The Hall–Kier alpha value is -2.70. The minimum Gasteiger partial charge on any atom is -0.478 e. The van der Waals surface area contributed by atoms with Crippen molar-refractivity contribution in [2.24, 2.45) is 0 Å². The molecule has 2 N–H and O–H groups in total. The van der Waals surface area contributed by atoms with E-state index in [-0.39, 0.29) is 23.8 Å². The molecule has 132 valence electrons. The summed E-state index contributed by atoms with van der Waals surface area (Å²) in [4.78, 5) is 23.3. The second kappa shape index (κ2) is 7.04. The molecule has 0 unspecified atom stereocenters. The zero-order valence-corrected chi connectivity index (χ0v) is 13.7. The van der Waals surface area contributed by atoms with E-state index in [0.29, 0.717) is 12.0 Å². The first-order valence-electron chi connectivity index (χ1n) is 8.28. The fourth-order valence-electron chi connectivity index (χ4n) is 3.45. The van der Waals surface area contributed by atoms with E-state index in [0.717, 1.165) is 25.7 Å². The molecule has 1 aliphatic carbocycles. The fraction of sp³-hybridized carbons (Fsp3) is 0.389. The van der Waals surface area contributed by atoms with Gasteiger partial charge in [-0.15, -0.1) is 0 Å². The van der Waals surface area contributed by atoms with Crippen LogP contribution in [0.2, 0.25) is 0 Å². The number of carbonyl (C=O) groups is 2. The lowest BCUT2D eigenvalue weighted by Crippen LogP contribution is -2.49. The Kier molecular flexibility index (Phi) is 4.83. The van der Waals surface area contributed by atoms with Crippen LogP contribution >= 0.6 is 0 Å². The predicted molar refractivity (Wildman–Crippen MR) is 88.6 cm³/mol. The molecule has 1 saturated carbocycles. The quantitative estimate of drug-likeness (QED) is 0.842. The molecule has 0 saturated heterocycles. The van der Waals surface area contributed by atoms with Crippen molar-refractivity contribution in [1.82, 2.24) is 15.1 Å². The summed E-state index contributed by atoms with van der Waals surface area (Å²) in [6, 6.07) is 6.61. The van der Waals surface area contributed by atoms with Gasteiger partial charge in [0.1, 0.15) is 12.4 Å². The smallest absolute Gasteiger partial charge is 0.338 e. The van der Waals surface area contributed by atoms with Gasteiger partial charge in [-0.05, 0) is 30.9 Å². The third-order valence-corrected chi connectivity index (χ3v) is 4.64. The van der Waals surface area contributed by atoms with Crippen molar-refractivity contribution < 1.29 is 19.1 Å². The van der Waals surface area contributed by atoms with Gasteiger partial charge in [-0.1, -0.05) is 31.0 Å². The summed E-state index contributed by atoms with van der Waals surface area (Å²) in [6.45, 7) is -0.0632. The molecule has 1 heterocycles. The molecule has 1 fully saturated rings. The number of rotatable bonds is 6. The summed E-state index contributed by atoms with van der Waals surface area (Å²) < 4.78 is 15.3. The van der Waals surface area contributed by atoms with Crippen LogP contribution in [0.1, 0.15) is 41.6 Å². The van der Waals surface area contributed by atoms with Gasteiger partial charge in [0.15, 0.2) is 0 Å². The Labute approximate surface area is 144 Å². The van der Waals surface area contributed by atoms with Crippen LogP contribution in [0.3, 0.4) is 0 Å². The highest BCUT2D eigenvalue weighted by Crippen LogP contribution is 2.33. The van der Waals surface area contributed by atoms with E-state index in [1.54, 1.807) is 18.2 Å². The first-order valence-corrected chi connectivity index (χ1v) is 8.28. The van der Waals surface area contributed by atoms with E-state index in [4.69, 9.17) is 5.11 Å². The van der Waals surface area contributed by atoms with Crippen LogP contribution in [0, 0.1) is 5.82 Å². The van der Waals surface area contributed by atoms with Crippen LogP contribution in [0.5, 0.6) is 0 Å². The number of aromatic nitrogens is 2. The van der Waals surface area contributed by atoms with E-state index in [2.05, 4.69) is 10.4 Å². The highest BCUT2D eigenvalue weighted by Gasteiger charge is 2.36. The van der Waals surface area contributed by atoms with Gasteiger partial charge in [0.05, 0.1) is 11.8 Å². The molecule has 6 nitrogen and oxygen atoms in total. The Morgan fingerprint density at radius 2 is 2.00 bits per heavy atom. The Morgan fingerprint density at radius 1 is 1.28 bits per heavy atom. The van der Waals surface area contributed by atoms with Gasteiger partial charge in [0, 0.05) is 11.7 Å². The van der Waals surface area contributed by atoms with Crippen molar-refractivity contribution in [3.05, 3.63) is 53.6 Å². The summed E-state index contributed by atoms with van der Waals surface area (Å²) in [5, 5.41) is 15.8. The second-order valence-electron chi connectivity index (χ2n) is 6.54. The molecular weight excluding hydrogens is 325 g/mol. The van der Waals surface area contributed by atoms with Crippen molar-refractivity contribution in [1.29, 1.82) is 0 Å². The first-order chi connectivity index (χ1) is 12.0. The monoisotopic (exact) mass is 345 g/mol. The van der Waals surface area contributed by atoms with Crippen LogP contribution in [-0.4, -0.2) is 32.3 Å². The number of halogens is 1. The molecule has 0 bridgehead atoms. The maximum absolute atomic E-state index is 14.0. The SMILES string of the molecule is O=C(Cn1cc(C(=O)O)cn1)NC1(Cc2ccccc2F)CCCC1. The van der Waals surface area contributed by atoms with Gasteiger partial charge in [-0.25, -0.2) is 9.18 Å². The van der Waals surface area contributed by atoms with Crippen molar-refractivity contribution in [3.8, 4) is 0 Å². The molecule has 0 spiro atoms. The Morgan fingerprint density at radius 3 is 2.64 bits per heavy atom. The van der Waals surface area contributed by atoms with Gasteiger partial charge in [0.2, 0.25) is 5.91 Å². The number of carboxylic acid groups (broad SMARTS) is 1. The third-order valence-electron chi connectivity index (χ3n) is 4.64. The molecule has 1 aromatic heterocycles. The number of hydrogen-bond donors (Lipinski definition) is 2. The van der Waals surface area contributed by atoms with E-state index in [1.165, 1.54) is 23.1 Å². The minimum atomic E-state index is -1.08. The lowest BCUT2D eigenvalue weighted by atomic mass is 9.88. The van der Waals surface area contributed by atoms with Crippen molar-refractivity contribution in [2.45, 2.75) is 44.2 Å². The Balaban J connectivity index is 1.69. The number of nitrogens with zero attached hydrogens (tertiary/aromatic N) is 2. The number of hydrogen-bond acceptors (Lipinski definition) is 3. The number of nitrogens with one attached hydrogen (secondary N) is 1. The van der Waals surface area contributed by atoms with Crippen molar-refractivity contribution in [3.63, 3.8) is 0 Å². The lowest BCUT2D eigenvalue weighted by Gasteiger charge is -2.31. The zero-order chi connectivity index (χ0) is 17.9. The van der Waals surface area contributed by atoms with Crippen LogP contribution < -0.4 is 5.32 Å². The molecule has 2 aromatic rings. The average molecular weight is 345 g/mol. The number of carboxylic acids is 1. The summed E-state index contributed by atoms with van der Waals surface area (Å²) >= 11 is 0. The van der Waals surface area contributed by atoms with Crippen LogP contribution in [0.4, 0.5) is 4.39 Å². The van der Waals surface area contributed by atoms with E-state index in [9.17, 15) is 14.0 Å². The van der Waals surface area contributed by atoms with Gasteiger partial charge < -0.3 is 10.4 Å². The summed E-state index contributed by atoms with van der Waals surface area (Å²) in [7, 11) is 0. The highest BCUT2D eigenvalue weighted by molar-refractivity contribution is 5.87. The molecule has 25 heavy (non-hydrogen) atoms. The lowest BCUT2D eigenvalue weighted by molar-refractivity contribution is -0.123.